The van der Waals surface area contributed by atoms with Gasteiger partial charge < -0.3 is 10.1 Å². The van der Waals surface area contributed by atoms with Crippen molar-refractivity contribution >= 4 is 0 Å². The molecule has 0 spiro atoms. The lowest BCUT2D eigenvalue weighted by atomic mass is 9.72. The Balaban J connectivity index is 2.04. The van der Waals surface area contributed by atoms with Crippen molar-refractivity contribution in [1.29, 1.82) is 0 Å². The average Bonchev–Trinajstić information content (AvgIpc) is 2.28. The first-order valence-electron chi connectivity index (χ1n) is 7.05. The molecule has 0 aromatic heterocycles. The molecule has 3 unspecified atom stereocenters. The second-order valence-electron chi connectivity index (χ2n) is 6.55. The van der Waals surface area contributed by atoms with Crippen LogP contribution in [-0.2, 0) is 4.74 Å². The van der Waals surface area contributed by atoms with Crippen LogP contribution in [0.3, 0.4) is 0 Å². The van der Waals surface area contributed by atoms with Crippen LogP contribution in [0.2, 0.25) is 0 Å². The van der Waals surface area contributed by atoms with Crippen LogP contribution in [0.4, 0.5) is 0 Å². The average molecular weight is 240 g/mol. The van der Waals surface area contributed by atoms with E-state index in [0.29, 0.717) is 23.6 Å². The van der Waals surface area contributed by atoms with Gasteiger partial charge in [-0.2, -0.15) is 0 Å². The zero-order valence-electron chi connectivity index (χ0n) is 11.8. The fraction of sp³-hybridized carbons (Fsp3) is 1.00. The Morgan fingerprint density at radius 2 is 2.12 bits per heavy atom. The van der Waals surface area contributed by atoms with Crippen molar-refractivity contribution in [2.24, 2.45) is 5.41 Å². The summed E-state index contributed by atoms with van der Waals surface area (Å²) in [6.45, 7) is 10.1. The molecule has 1 N–H and O–H groups in total. The molecular formula is C14H28N2O. The van der Waals surface area contributed by atoms with Gasteiger partial charge in [-0.05, 0) is 38.6 Å². The molecule has 1 saturated heterocycles. The van der Waals surface area contributed by atoms with Crippen molar-refractivity contribution in [2.75, 3.05) is 26.7 Å². The number of hydrogen-bond donors (Lipinski definition) is 1. The summed E-state index contributed by atoms with van der Waals surface area (Å²) in [5.41, 5.74) is 0.500. The molecule has 0 bridgehead atoms. The van der Waals surface area contributed by atoms with E-state index >= 15 is 0 Å². The predicted molar refractivity (Wildman–Crippen MR) is 71.3 cm³/mol. The van der Waals surface area contributed by atoms with Gasteiger partial charge in [0, 0.05) is 25.2 Å². The Morgan fingerprint density at radius 3 is 2.76 bits per heavy atom. The van der Waals surface area contributed by atoms with E-state index in [9.17, 15) is 0 Å². The molecule has 100 valence electrons. The van der Waals surface area contributed by atoms with E-state index in [0.717, 1.165) is 19.7 Å². The molecule has 3 heteroatoms. The summed E-state index contributed by atoms with van der Waals surface area (Å²) in [6, 6.07) is 1.35. The molecule has 1 saturated carbocycles. The minimum absolute atomic E-state index is 0.395. The summed E-state index contributed by atoms with van der Waals surface area (Å²) >= 11 is 0. The number of nitrogens with zero attached hydrogens (tertiary/aromatic N) is 1. The molecule has 2 rings (SSSR count). The molecule has 1 aliphatic carbocycles. The summed E-state index contributed by atoms with van der Waals surface area (Å²) in [5.74, 6) is 0. The summed E-state index contributed by atoms with van der Waals surface area (Å²) < 4.78 is 5.66. The first-order chi connectivity index (χ1) is 8.02. The van der Waals surface area contributed by atoms with Gasteiger partial charge in [0.15, 0.2) is 0 Å². The van der Waals surface area contributed by atoms with E-state index in [4.69, 9.17) is 4.74 Å². The van der Waals surface area contributed by atoms with Gasteiger partial charge >= 0.3 is 0 Å². The Kier molecular flexibility index (Phi) is 4.11. The first kappa shape index (κ1) is 13.3. The summed E-state index contributed by atoms with van der Waals surface area (Å²) in [7, 11) is 2.11. The molecule has 2 aliphatic rings. The number of morpholine rings is 1. The fourth-order valence-electron chi connectivity index (χ4n) is 3.42. The highest BCUT2D eigenvalue weighted by atomic mass is 16.5. The lowest BCUT2D eigenvalue weighted by Gasteiger charge is -2.47. The molecule has 3 atom stereocenters. The highest BCUT2D eigenvalue weighted by molar-refractivity contribution is 4.94. The zero-order valence-corrected chi connectivity index (χ0v) is 11.8. The lowest BCUT2D eigenvalue weighted by Crippen LogP contribution is -2.57. The first-order valence-corrected chi connectivity index (χ1v) is 7.05. The quantitative estimate of drug-likeness (QED) is 0.797. The highest BCUT2D eigenvalue weighted by Gasteiger charge is 2.38. The van der Waals surface area contributed by atoms with Crippen LogP contribution in [0.5, 0.6) is 0 Å². The Hall–Kier alpha value is -0.120. The van der Waals surface area contributed by atoms with Crippen LogP contribution in [0, 0.1) is 5.41 Å². The van der Waals surface area contributed by atoms with Crippen LogP contribution in [0.15, 0.2) is 0 Å². The third-order valence-corrected chi connectivity index (χ3v) is 4.47. The smallest absolute Gasteiger partial charge is 0.0674 e. The van der Waals surface area contributed by atoms with E-state index < -0.39 is 0 Å². The number of rotatable bonds is 2. The second kappa shape index (κ2) is 5.25. The predicted octanol–water partition coefficient (Wildman–Crippen LogP) is 1.87. The number of ether oxygens (including phenoxy) is 1. The van der Waals surface area contributed by atoms with Gasteiger partial charge in [-0.15, -0.1) is 0 Å². The largest absolute Gasteiger partial charge is 0.376 e. The molecule has 1 aliphatic heterocycles. The maximum atomic E-state index is 5.66. The van der Waals surface area contributed by atoms with Gasteiger partial charge in [0.25, 0.3) is 0 Å². The maximum absolute atomic E-state index is 5.66. The van der Waals surface area contributed by atoms with E-state index in [2.05, 4.69) is 38.0 Å². The molecule has 1 heterocycles. The fourth-order valence-corrected chi connectivity index (χ4v) is 3.42. The monoisotopic (exact) mass is 240 g/mol. The lowest BCUT2D eigenvalue weighted by molar-refractivity contribution is -0.0542. The van der Waals surface area contributed by atoms with Crippen LogP contribution in [0.25, 0.3) is 0 Å². The minimum Gasteiger partial charge on any atom is -0.376 e. The molecule has 17 heavy (non-hydrogen) atoms. The number of hydrogen-bond acceptors (Lipinski definition) is 3. The van der Waals surface area contributed by atoms with Crippen LogP contribution in [0.1, 0.15) is 40.0 Å². The van der Waals surface area contributed by atoms with E-state index in [-0.39, 0.29) is 0 Å². The highest BCUT2D eigenvalue weighted by Crippen LogP contribution is 2.37. The van der Waals surface area contributed by atoms with Gasteiger partial charge in [-0.1, -0.05) is 13.8 Å². The minimum atomic E-state index is 0.395. The molecule has 0 aromatic carbocycles. The molecule has 0 amide bonds. The summed E-state index contributed by atoms with van der Waals surface area (Å²) in [6.07, 6.45) is 4.35. The number of likely N-dealkylation sites (N-methyl/N-ethyl adjacent to an activating group) is 1. The topological polar surface area (TPSA) is 24.5 Å². The van der Waals surface area contributed by atoms with E-state index in [1.165, 1.54) is 19.3 Å². The third kappa shape index (κ3) is 3.21. The zero-order chi connectivity index (χ0) is 12.5. The summed E-state index contributed by atoms with van der Waals surface area (Å²) in [4.78, 5) is 2.65. The SMILES string of the molecule is CNC1CCC(C)(C)CC1N1CCOC(C)C1. The molecule has 3 nitrogen and oxygen atoms in total. The van der Waals surface area contributed by atoms with Crippen molar-refractivity contribution in [3.63, 3.8) is 0 Å². The molecule has 2 fully saturated rings. The van der Waals surface area contributed by atoms with Crippen molar-refractivity contribution < 1.29 is 4.74 Å². The van der Waals surface area contributed by atoms with Crippen LogP contribution >= 0.6 is 0 Å². The Bertz CT molecular complexity index is 255. The van der Waals surface area contributed by atoms with Crippen LogP contribution < -0.4 is 5.32 Å². The van der Waals surface area contributed by atoms with Crippen molar-refractivity contribution in [2.45, 2.75) is 58.2 Å². The van der Waals surface area contributed by atoms with Crippen molar-refractivity contribution in [3.05, 3.63) is 0 Å². The Labute approximate surface area is 106 Å². The van der Waals surface area contributed by atoms with Gasteiger partial charge in [0.1, 0.15) is 0 Å². The number of nitrogens with one attached hydrogen (secondary N) is 1. The normalized spacial score (nSPS) is 39.2. The van der Waals surface area contributed by atoms with Crippen molar-refractivity contribution in [3.8, 4) is 0 Å². The third-order valence-electron chi connectivity index (χ3n) is 4.47. The molecular weight excluding hydrogens is 212 g/mol. The van der Waals surface area contributed by atoms with Gasteiger partial charge in [-0.3, -0.25) is 4.90 Å². The molecule has 0 radical (unpaired) electrons. The maximum Gasteiger partial charge on any atom is 0.0674 e. The van der Waals surface area contributed by atoms with E-state index in [1.807, 2.05) is 0 Å². The summed E-state index contributed by atoms with van der Waals surface area (Å²) in [5, 5.41) is 3.52. The van der Waals surface area contributed by atoms with Gasteiger partial charge in [0.05, 0.1) is 12.7 Å². The molecule has 0 aromatic rings. The Morgan fingerprint density at radius 1 is 1.35 bits per heavy atom. The van der Waals surface area contributed by atoms with Gasteiger partial charge in [0.2, 0.25) is 0 Å². The second-order valence-corrected chi connectivity index (χ2v) is 6.55. The van der Waals surface area contributed by atoms with E-state index in [1.54, 1.807) is 0 Å². The van der Waals surface area contributed by atoms with Crippen LogP contribution in [-0.4, -0.2) is 49.8 Å². The van der Waals surface area contributed by atoms with Gasteiger partial charge in [-0.25, -0.2) is 0 Å². The van der Waals surface area contributed by atoms with Crippen molar-refractivity contribution in [1.82, 2.24) is 10.2 Å². The standard InChI is InChI=1S/C14H28N2O/c1-11-10-16(7-8-17-11)13-9-14(2,3)6-5-12(13)15-4/h11-13,15H,5-10H2,1-4H3.